The van der Waals surface area contributed by atoms with Gasteiger partial charge in [0.1, 0.15) is 0 Å². The molecular weight excluding hydrogens is 165 g/mol. The first-order valence-corrected chi connectivity index (χ1v) is 4.88. The third-order valence-electron chi connectivity index (χ3n) is 2.70. The van der Waals surface area contributed by atoms with E-state index in [2.05, 4.69) is 38.2 Å². The van der Waals surface area contributed by atoms with Crippen molar-refractivity contribution in [2.45, 2.75) is 33.6 Å². The monoisotopic (exact) mass is 181 g/mol. The van der Waals surface area contributed by atoms with Gasteiger partial charge in [0.05, 0.1) is 0 Å². The molecule has 1 aromatic rings. The Balaban J connectivity index is 0.000000980. The third kappa shape index (κ3) is 2.35. The largest absolute Gasteiger partial charge is 1.00 e. The Labute approximate surface area is 98.5 Å². The van der Waals surface area contributed by atoms with Crippen LogP contribution in [0, 0.1) is 18.8 Å². The van der Waals surface area contributed by atoms with Gasteiger partial charge in [-0.3, -0.25) is 4.98 Å². The molecule has 2 rings (SSSR count). The van der Waals surface area contributed by atoms with E-state index in [9.17, 15) is 0 Å². The molecule has 1 nitrogen and oxygen atoms in total. The van der Waals surface area contributed by atoms with Crippen LogP contribution in [-0.2, 0) is 6.42 Å². The van der Waals surface area contributed by atoms with Crippen LogP contribution in [-0.4, -0.2) is 4.98 Å². The van der Waals surface area contributed by atoms with Gasteiger partial charge in [-0.15, -0.1) is 6.07 Å². The normalized spacial score (nSPS) is 17.6. The Morgan fingerprint density at radius 2 is 2.14 bits per heavy atom. The maximum atomic E-state index is 4.46. The summed E-state index contributed by atoms with van der Waals surface area (Å²) in [6, 6.07) is 2.26. The molecule has 0 atom stereocenters. The summed E-state index contributed by atoms with van der Waals surface area (Å²) in [6.07, 6.45) is 6.67. The molecule has 0 spiro atoms. The number of aryl methyl sites for hydroxylation is 2. The van der Waals surface area contributed by atoms with Crippen molar-refractivity contribution >= 4 is 0 Å². The predicted molar refractivity (Wildman–Crippen MR) is 54.5 cm³/mol. The Morgan fingerprint density at radius 1 is 1.43 bits per heavy atom. The zero-order chi connectivity index (χ0) is 9.47. The van der Waals surface area contributed by atoms with Gasteiger partial charge in [0, 0.05) is 6.20 Å². The quantitative estimate of drug-likeness (QED) is 0.403. The molecule has 0 amide bonds. The van der Waals surface area contributed by atoms with E-state index >= 15 is 0 Å². The number of aromatic nitrogens is 1. The van der Waals surface area contributed by atoms with E-state index in [0.717, 1.165) is 0 Å². The van der Waals surface area contributed by atoms with Crippen LogP contribution in [0.15, 0.2) is 12.3 Å². The first kappa shape index (κ1) is 11.7. The summed E-state index contributed by atoms with van der Waals surface area (Å²) in [6.45, 7) is 6.65. The molecule has 0 aromatic carbocycles. The minimum atomic E-state index is 0. The molecule has 1 aliphatic carbocycles. The number of hydrogen-bond donors (Lipinski definition) is 0. The topological polar surface area (TPSA) is 12.9 Å². The minimum absolute atomic E-state index is 0. The molecule has 2 heteroatoms. The maximum Gasteiger partial charge on any atom is 1.00 e. The fourth-order valence-electron chi connectivity index (χ4n) is 1.87. The van der Waals surface area contributed by atoms with Crippen molar-refractivity contribution < 1.29 is 18.9 Å². The van der Waals surface area contributed by atoms with Crippen molar-refractivity contribution in [3.05, 3.63) is 35.5 Å². The summed E-state index contributed by atoms with van der Waals surface area (Å²) in [5, 5.41) is 0. The molecule has 0 radical (unpaired) electrons. The van der Waals surface area contributed by atoms with Gasteiger partial charge in [0.25, 0.3) is 0 Å². The maximum absolute atomic E-state index is 4.46. The van der Waals surface area contributed by atoms with Crippen molar-refractivity contribution in [1.82, 2.24) is 4.98 Å². The van der Waals surface area contributed by atoms with Gasteiger partial charge in [-0.25, -0.2) is 0 Å². The van der Waals surface area contributed by atoms with Crippen LogP contribution in [0.25, 0.3) is 0 Å². The number of rotatable bonds is 0. The Kier molecular flexibility index (Phi) is 3.35. The molecular formula is C12H16LiN. The fraction of sp³-hybridized carbons (Fsp3) is 0.500. The molecule has 70 valence electrons. The molecule has 0 bridgehead atoms. The number of hydrogen-bond acceptors (Lipinski definition) is 1. The minimum Gasteiger partial charge on any atom is -0.295 e. The first-order valence-electron chi connectivity index (χ1n) is 4.88. The molecule has 0 unspecified atom stereocenters. The van der Waals surface area contributed by atoms with Crippen LogP contribution in [0.3, 0.4) is 0 Å². The molecule has 0 aliphatic heterocycles. The molecule has 1 heterocycles. The Morgan fingerprint density at radius 3 is 2.86 bits per heavy atom. The van der Waals surface area contributed by atoms with E-state index in [-0.39, 0.29) is 18.9 Å². The van der Waals surface area contributed by atoms with E-state index in [1.165, 1.54) is 29.7 Å². The van der Waals surface area contributed by atoms with E-state index in [4.69, 9.17) is 0 Å². The Bertz CT molecular complexity index is 331. The summed E-state index contributed by atoms with van der Waals surface area (Å²) < 4.78 is 0. The number of fused-ring (bicyclic) bond motifs is 1. The summed E-state index contributed by atoms with van der Waals surface area (Å²) in [5.41, 5.74) is 4.21. The van der Waals surface area contributed by atoms with Gasteiger partial charge in [0.2, 0.25) is 0 Å². The fourth-order valence-corrected chi connectivity index (χ4v) is 1.87. The van der Waals surface area contributed by atoms with Gasteiger partial charge in [-0.1, -0.05) is 43.4 Å². The van der Waals surface area contributed by atoms with Gasteiger partial charge < -0.3 is 0 Å². The first-order chi connectivity index (χ1) is 6.07. The molecule has 0 fully saturated rings. The van der Waals surface area contributed by atoms with Crippen LogP contribution >= 0.6 is 0 Å². The zero-order valence-corrected chi connectivity index (χ0v) is 9.59. The van der Waals surface area contributed by atoms with Crippen LogP contribution in [0.2, 0.25) is 0 Å². The third-order valence-corrected chi connectivity index (χ3v) is 2.70. The second kappa shape index (κ2) is 4.01. The van der Waals surface area contributed by atoms with Crippen LogP contribution in [0.1, 0.15) is 37.1 Å². The van der Waals surface area contributed by atoms with Crippen LogP contribution < -0.4 is 18.9 Å². The SMILES string of the molecule is Cc1cnc2c(c1)CCC(C)(C)[CH-]2.[Li+]. The van der Waals surface area contributed by atoms with E-state index < -0.39 is 0 Å². The second-order valence-corrected chi connectivity index (χ2v) is 4.69. The average Bonchev–Trinajstić information content (AvgIpc) is 2.05. The van der Waals surface area contributed by atoms with Crippen molar-refractivity contribution in [3.8, 4) is 0 Å². The summed E-state index contributed by atoms with van der Waals surface area (Å²) in [5.74, 6) is 0. The average molecular weight is 181 g/mol. The number of pyridine rings is 1. The standard InChI is InChI=1S/C12H16N.Li/c1-9-6-10-4-5-12(2,3)7-11(10)13-8-9;/h6-8H,4-5H2,1-3H3;/q-1;+1. The van der Waals surface area contributed by atoms with Gasteiger partial charge >= 0.3 is 18.9 Å². The van der Waals surface area contributed by atoms with E-state index in [0.29, 0.717) is 5.41 Å². The smallest absolute Gasteiger partial charge is 0.295 e. The van der Waals surface area contributed by atoms with Crippen LogP contribution in [0.4, 0.5) is 0 Å². The van der Waals surface area contributed by atoms with E-state index in [1.54, 1.807) is 0 Å². The van der Waals surface area contributed by atoms with Gasteiger partial charge in [-0.05, 0) is 6.92 Å². The zero-order valence-electron chi connectivity index (χ0n) is 9.59. The number of nitrogens with zero attached hydrogens (tertiary/aromatic N) is 1. The molecule has 14 heavy (non-hydrogen) atoms. The summed E-state index contributed by atoms with van der Waals surface area (Å²) >= 11 is 0. The van der Waals surface area contributed by atoms with E-state index in [1.807, 2.05) is 6.20 Å². The molecule has 1 aromatic heterocycles. The molecule has 0 saturated heterocycles. The summed E-state index contributed by atoms with van der Waals surface area (Å²) in [4.78, 5) is 4.46. The van der Waals surface area contributed by atoms with Gasteiger partial charge in [-0.2, -0.15) is 12.0 Å². The second-order valence-electron chi connectivity index (χ2n) is 4.69. The van der Waals surface area contributed by atoms with Gasteiger partial charge in [0.15, 0.2) is 0 Å². The van der Waals surface area contributed by atoms with Crippen molar-refractivity contribution in [1.29, 1.82) is 0 Å². The van der Waals surface area contributed by atoms with Crippen LogP contribution in [0.5, 0.6) is 0 Å². The predicted octanol–water partition coefficient (Wildman–Crippen LogP) is -0.0812. The summed E-state index contributed by atoms with van der Waals surface area (Å²) in [7, 11) is 0. The molecule has 1 aliphatic rings. The Hall–Kier alpha value is -0.383. The van der Waals surface area contributed by atoms with Crippen molar-refractivity contribution in [2.24, 2.45) is 5.41 Å². The molecule has 0 N–H and O–H groups in total. The molecule has 0 saturated carbocycles. The van der Waals surface area contributed by atoms with Crippen molar-refractivity contribution in [2.75, 3.05) is 0 Å². The van der Waals surface area contributed by atoms with Crippen molar-refractivity contribution in [3.63, 3.8) is 0 Å².